The molecule has 1 unspecified atom stereocenters. The third-order valence-electron chi connectivity index (χ3n) is 3.92. The number of benzene rings is 1. The van der Waals surface area contributed by atoms with Gasteiger partial charge in [0.25, 0.3) is 0 Å². The highest BCUT2D eigenvalue weighted by atomic mass is 15.1. The Hall–Kier alpha value is -1.87. The van der Waals surface area contributed by atoms with Gasteiger partial charge in [-0.25, -0.2) is 0 Å². The largest absolute Gasteiger partial charge is 0.380 e. The van der Waals surface area contributed by atoms with Crippen molar-refractivity contribution >= 4 is 5.69 Å². The van der Waals surface area contributed by atoms with Crippen LogP contribution in [0.5, 0.6) is 0 Å². The lowest BCUT2D eigenvalue weighted by Gasteiger charge is -2.24. The normalized spacial score (nSPS) is 17.0. The summed E-state index contributed by atoms with van der Waals surface area (Å²) in [5, 5.41) is 3.63. The lowest BCUT2D eigenvalue weighted by Crippen LogP contribution is -2.35. The molecule has 0 fully saturated rings. The van der Waals surface area contributed by atoms with E-state index in [1.807, 2.05) is 12.4 Å². The first kappa shape index (κ1) is 13.1. The van der Waals surface area contributed by atoms with Crippen LogP contribution in [0.15, 0.2) is 48.8 Å². The number of aromatic nitrogens is 1. The van der Waals surface area contributed by atoms with Gasteiger partial charge in [-0.1, -0.05) is 25.1 Å². The number of fused-ring (bicyclic) bond motifs is 1. The molecule has 1 N–H and O–H groups in total. The number of hydrogen-bond acceptors (Lipinski definition) is 3. The molecule has 0 radical (unpaired) electrons. The maximum atomic E-state index is 4.08. The molecule has 0 saturated carbocycles. The highest BCUT2D eigenvalue weighted by Gasteiger charge is 2.21. The Morgan fingerprint density at radius 1 is 1.20 bits per heavy atom. The molecule has 3 nitrogen and oxygen atoms in total. The fourth-order valence-corrected chi connectivity index (χ4v) is 2.85. The first-order valence-corrected chi connectivity index (χ1v) is 7.31. The molecule has 1 aromatic heterocycles. The molecule has 3 rings (SSSR count). The number of nitrogens with one attached hydrogen (secondary N) is 1. The second-order valence-corrected chi connectivity index (χ2v) is 5.39. The van der Waals surface area contributed by atoms with Gasteiger partial charge in [0.05, 0.1) is 0 Å². The summed E-state index contributed by atoms with van der Waals surface area (Å²) in [6.07, 6.45) is 4.86. The molecule has 2 aromatic rings. The Balaban J connectivity index is 1.60. The van der Waals surface area contributed by atoms with Gasteiger partial charge in [0.2, 0.25) is 0 Å². The second kappa shape index (κ2) is 6.06. The van der Waals surface area contributed by atoms with Crippen molar-refractivity contribution in [3.63, 3.8) is 0 Å². The van der Waals surface area contributed by atoms with Crippen LogP contribution in [-0.4, -0.2) is 29.0 Å². The predicted molar refractivity (Wildman–Crippen MR) is 82.7 cm³/mol. The van der Waals surface area contributed by atoms with Crippen molar-refractivity contribution in [3.8, 4) is 0 Å². The van der Waals surface area contributed by atoms with E-state index < -0.39 is 0 Å². The van der Waals surface area contributed by atoms with E-state index in [1.165, 1.54) is 16.8 Å². The molecule has 2 heterocycles. The Labute approximate surface area is 120 Å². The Morgan fingerprint density at radius 2 is 2.00 bits per heavy atom. The minimum Gasteiger partial charge on any atom is -0.380 e. The van der Waals surface area contributed by atoms with Gasteiger partial charge in [-0.05, 0) is 42.3 Å². The fourth-order valence-electron chi connectivity index (χ4n) is 2.85. The Morgan fingerprint density at radius 3 is 2.75 bits per heavy atom. The number of anilines is 1. The van der Waals surface area contributed by atoms with E-state index in [1.54, 1.807) is 0 Å². The third-order valence-corrected chi connectivity index (χ3v) is 3.92. The molecule has 0 spiro atoms. The summed E-state index contributed by atoms with van der Waals surface area (Å²) in [6, 6.07) is 13.3. The highest BCUT2D eigenvalue weighted by Crippen LogP contribution is 2.25. The number of likely N-dealkylation sites (N-methyl/N-ethyl adjacent to an activating group) is 1. The Bertz CT molecular complexity index is 528. The number of rotatable bonds is 5. The summed E-state index contributed by atoms with van der Waals surface area (Å²) >= 11 is 0. The fraction of sp³-hybridized carbons (Fsp3) is 0.353. The Kier molecular flexibility index (Phi) is 3.97. The van der Waals surface area contributed by atoms with E-state index in [0.717, 1.165) is 26.1 Å². The van der Waals surface area contributed by atoms with E-state index >= 15 is 0 Å². The van der Waals surface area contributed by atoms with Gasteiger partial charge in [0.1, 0.15) is 0 Å². The zero-order valence-electron chi connectivity index (χ0n) is 11.9. The monoisotopic (exact) mass is 267 g/mol. The van der Waals surface area contributed by atoms with Crippen LogP contribution < -0.4 is 5.32 Å². The van der Waals surface area contributed by atoms with Gasteiger partial charge in [0, 0.05) is 37.2 Å². The highest BCUT2D eigenvalue weighted by molar-refractivity contribution is 5.56. The summed E-state index contributed by atoms with van der Waals surface area (Å²) in [5.74, 6) is 0. The zero-order valence-corrected chi connectivity index (χ0v) is 11.9. The van der Waals surface area contributed by atoms with Crippen LogP contribution >= 0.6 is 0 Å². The quantitative estimate of drug-likeness (QED) is 0.903. The van der Waals surface area contributed by atoms with Crippen LogP contribution in [0.3, 0.4) is 0 Å². The number of nitrogens with zero attached hydrogens (tertiary/aromatic N) is 2. The van der Waals surface area contributed by atoms with Gasteiger partial charge >= 0.3 is 0 Å². The van der Waals surface area contributed by atoms with E-state index in [0.29, 0.717) is 6.04 Å². The molecule has 1 aromatic carbocycles. The minimum atomic E-state index is 0.522. The van der Waals surface area contributed by atoms with Crippen molar-refractivity contribution < 1.29 is 0 Å². The van der Waals surface area contributed by atoms with Crippen molar-refractivity contribution in [2.45, 2.75) is 25.9 Å². The lowest BCUT2D eigenvalue weighted by molar-refractivity contribution is 0.268. The van der Waals surface area contributed by atoms with Gasteiger partial charge in [-0.2, -0.15) is 0 Å². The van der Waals surface area contributed by atoms with Gasteiger partial charge in [-0.3, -0.25) is 9.88 Å². The SMILES string of the molecule is CCN(Cc1ccncc1)CC1Cc2ccccc2N1. The summed E-state index contributed by atoms with van der Waals surface area (Å²) < 4.78 is 0. The first-order valence-electron chi connectivity index (χ1n) is 7.31. The van der Waals surface area contributed by atoms with Crippen molar-refractivity contribution in [3.05, 3.63) is 59.9 Å². The van der Waals surface area contributed by atoms with Crippen molar-refractivity contribution in [2.75, 3.05) is 18.4 Å². The van der Waals surface area contributed by atoms with Crippen LogP contribution in [0.2, 0.25) is 0 Å². The van der Waals surface area contributed by atoms with Gasteiger partial charge in [-0.15, -0.1) is 0 Å². The van der Waals surface area contributed by atoms with E-state index in [9.17, 15) is 0 Å². The average Bonchev–Trinajstić information content (AvgIpc) is 2.90. The predicted octanol–water partition coefficient (Wildman–Crippen LogP) is 2.94. The number of hydrogen-bond donors (Lipinski definition) is 1. The summed E-state index contributed by atoms with van der Waals surface area (Å²) in [6.45, 7) is 5.36. The number of pyridine rings is 1. The second-order valence-electron chi connectivity index (χ2n) is 5.39. The molecule has 0 aliphatic carbocycles. The maximum absolute atomic E-state index is 4.08. The molecule has 3 heteroatoms. The summed E-state index contributed by atoms with van der Waals surface area (Å²) in [5.41, 5.74) is 4.08. The molecule has 0 amide bonds. The smallest absolute Gasteiger partial charge is 0.0429 e. The van der Waals surface area contributed by atoms with Crippen molar-refractivity contribution in [1.29, 1.82) is 0 Å². The van der Waals surface area contributed by atoms with Gasteiger partial charge < -0.3 is 5.32 Å². The van der Waals surface area contributed by atoms with Crippen LogP contribution in [0.1, 0.15) is 18.1 Å². The zero-order chi connectivity index (χ0) is 13.8. The van der Waals surface area contributed by atoms with Crippen LogP contribution in [0.25, 0.3) is 0 Å². The standard InChI is InChI=1S/C17H21N3/c1-2-20(12-14-7-9-18-10-8-14)13-16-11-15-5-3-4-6-17(15)19-16/h3-10,16,19H,2,11-13H2,1H3. The van der Waals surface area contributed by atoms with E-state index in [-0.39, 0.29) is 0 Å². The topological polar surface area (TPSA) is 28.2 Å². The van der Waals surface area contributed by atoms with Gasteiger partial charge in [0.15, 0.2) is 0 Å². The molecular weight excluding hydrogens is 246 g/mol. The average molecular weight is 267 g/mol. The number of para-hydroxylation sites is 1. The molecule has 20 heavy (non-hydrogen) atoms. The molecule has 104 valence electrons. The molecule has 1 aliphatic rings. The van der Waals surface area contributed by atoms with Crippen molar-refractivity contribution in [2.24, 2.45) is 0 Å². The minimum absolute atomic E-state index is 0.522. The molecule has 0 bridgehead atoms. The molecule has 1 atom stereocenters. The molecule has 1 aliphatic heterocycles. The lowest BCUT2D eigenvalue weighted by atomic mass is 10.1. The summed E-state index contributed by atoms with van der Waals surface area (Å²) in [7, 11) is 0. The first-order chi connectivity index (χ1) is 9.85. The van der Waals surface area contributed by atoms with Crippen LogP contribution in [-0.2, 0) is 13.0 Å². The third kappa shape index (κ3) is 2.99. The van der Waals surface area contributed by atoms with Crippen LogP contribution in [0.4, 0.5) is 5.69 Å². The van der Waals surface area contributed by atoms with E-state index in [2.05, 4.69) is 58.5 Å². The van der Waals surface area contributed by atoms with E-state index in [4.69, 9.17) is 0 Å². The molecule has 0 saturated heterocycles. The summed E-state index contributed by atoms with van der Waals surface area (Å²) in [4.78, 5) is 6.56. The maximum Gasteiger partial charge on any atom is 0.0429 e. The molecular formula is C17H21N3. The van der Waals surface area contributed by atoms with Crippen molar-refractivity contribution in [1.82, 2.24) is 9.88 Å². The van der Waals surface area contributed by atoms with Crippen LogP contribution in [0, 0.1) is 0 Å².